The van der Waals surface area contributed by atoms with Crippen LogP contribution in [0.3, 0.4) is 0 Å². The van der Waals surface area contributed by atoms with Gasteiger partial charge in [0.2, 0.25) is 5.91 Å². The molecule has 1 amide bonds. The highest BCUT2D eigenvalue weighted by Gasteiger charge is 2.42. The lowest BCUT2D eigenvalue weighted by atomic mass is 9.87. The van der Waals surface area contributed by atoms with Crippen LogP contribution in [0.15, 0.2) is 42.7 Å². The first-order valence-electron chi connectivity index (χ1n) is 9.14. The Hall–Kier alpha value is -2.55. The van der Waals surface area contributed by atoms with Crippen molar-refractivity contribution in [1.82, 2.24) is 20.4 Å². The molecule has 1 aliphatic heterocycles. The SMILES string of the molecule is CC(COc1ccccc1C(F)(F)F)NC(=O)C1(n2cccn2)CCNCC1. The fraction of sp³-hybridized carbons (Fsp3) is 0.474. The number of hydrogen-bond acceptors (Lipinski definition) is 4. The predicted octanol–water partition coefficient (Wildman–Crippen LogP) is 2.56. The summed E-state index contributed by atoms with van der Waals surface area (Å²) in [7, 11) is 0. The van der Waals surface area contributed by atoms with Gasteiger partial charge >= 0.3 is 6.18 Å². The number of ether oxygens (including phenoxy) is 1. The average molecular weight is 396 g/mol. The minimum absolute atomic E-state index is 0.0771. The number of amides is 1. The quantitative estimate of drug-likeness (QED) is 0.788. The Morgan fingerprint density at radius 1 is 1.32 bits per heavy atom. The molecule has 2 heterocycles. The van der Waals surface area contributed by atoms with E-state index in [1.165, 1.54) is 18.2 Å². The molecule has 2 aromatic rings. The van der Waals surface area contributed by atoms with Gasteiger partial charge in [-0.1, -0.05) is 12.1 Å². The Labute approximate surface area is 161 Å². The number of benzene rings is 1. The van der Waals surface area contributed by atoms with E-state index in [0.717, 1.165) is 6.07 Å². The van der Waals surface area contributed by atoms with Crippen LogP contribution < -0.4 is 15.4 Å². The molecule has 0 saturated carbocycles. The van der Waals surface area contributed by atoms with Gasteiger partial charge in [0, 0.05) is 12.4 Å². The van der Waals surface area contributed by atoms with Gasteiger partial charge in [0.1, 0.15) is 17.9 Å². The molecule has 0 radical (unpaired) electrons. The molecule has 1 atom stereocenters. The van der Waals surface area contributed by atoms with Crippen molar-refractivity contribution in [3.63, 3.8) is 0 Å². The minimum Gasteiger partial charge on any atom is -0.491 e. The molecule has 2 N–H and O–H groups in total. The van der Waals surface area contributed by atoms with E-state index in [1.54, 1.807) is 30.1 Å². The fourth-order valence-corrected chi connectivity index (χ4v) is 3.36. The van der Waals surface area contributed by atoms with E-state index in [-0.39, 0.29) is 18.3 Å². The maximum atomic E-state index is 13.1. The second-order valence-corrected chi connectivity index (χ2v) is 6.91. The van der Waals surface area contributed by atoms with E-state index < -0.39 is 23.3 Å². The molecule has 1 aromatic carbocycles. The number of carbonyl (C=O) groups is 1. The molecule has 0 aliphatic carbocycles. The van der Waals surface area contributed by atoms with Crippen molar-refractivity contribution in [2.45, 2.75) is 37.5 Å². The van der Waals surface area contributed by atoms with E-state index in [2.05, 4.69) is 15.7 Å². The number of para-hydroxylation sites is 1. The standard InChI is InChI=1S/C19H23F3N4O2/c1-14(13-28-16-6-3-2-5-15(16)19(20,21)22)25-17(27)18(7-10-23-11-8-18)26-12-4-9-24-26/h2-6,9,12,14,23H,7-8,10-11,13H2,1H3,(H,25,27). The van der Waals surface area contributed by atoms with Crippen molar-refractivity contribution < 1.29 is 22.7 Å². The topological polar surface area (TPSA) is 68.2 Å². The Kier molecular flexibility index (Phi) is 5.93. The zero-order valence-electron chi connectivity index (χ0n) is 15.5. The van der Waals surface area contributed by atoms with Crippen molar-refractivity contribution in [3.8, 4) is 5.75 Å². The van der Waals surface area contributed by atoms with Crippen LogP contribution in [0.5, 0.6) is 5.75 Å². The molecule has 28 heavy (non-hydrogen) atoms. The van der Waals surface area contributed by atoms with Crippen LogP contribution in [0, 0.1) is 0 Å². The number of piperidine rings is 1. The largest absolute Gasteiger partial charge is 0.491 e. The monoisotopic (exact) mass is 396 g/mol. The highest BCUT2D eigenvalue weighted by molar-refractivity contribution is 5.84. The van der Waals surface area contributed by atoms with Crippen LogP contribution in [0.25, 0.3) is 0 Å². The molecular formula is C19H23F3N4O2. The number of alkyl halides is 3. The van der Waals surface area contributed by atoms with Gasteiger partial charge in [-0.2, -0.15) is 18.3 Å². The molecule has 0 spiro atoms. The zero-order chi connectivity index (χ0) is 20.2. The highest BCUT2D eigenvalue weighted by Crippen LogP contribution is 2.36. The fourth-order valence-electron chi connectivity index (χ4n) is 3.36. The summed E-state index contributed by atoms with van der Waals surface area (Å²) in [5, 5.41) is 10.3. The van der Waals surface area contributed by atoms with E-state index in [9.17, 15) is 18.0 Å². The Morgan fingerprint density at radius 2 is 2.04 bits per heavy atom. The van der Waals surface area contributed by atoms with Gasteiger partial charge in [0.15, 0.2) is 0 Å². The molecule has 6 nitrogen and oxygen atoms in total. The number of rotatable bonds is 6. The molecule has 152 valence electrons. The second kappa shape index (κ2) is 8.22. The van der Waals surface area contributed by atoms with Crippen molar-refractivity contribution in [2.24, 2.45) is 0 Å². The summed E-state index contributed by atoms with van der Waals surface area (Å²) in [5.41, 5.74) is -1.65. The minimum atomic E-state index is -4.50. The van der Waals surface area contributed by atoms with Crippen LogP contribution in [0.2, 0.25) is 0 Å². The molecule has 1 fully saturated rings. The lowest BCUT2D eigenvalue weighted by Crippen LogP contribution is -2.56. The summed E-state index contributed by atoms with van der Waals surface area (Å²) in [5.74, 6) is -0.460. The maximum Gasteiger partial charge on any atom is 0.419 e. The summed E-state index contributed by atoms with van der Waals surface area (Å²) in [6.45, 7) is 2.98. The van der Waals surface area contributed by atoms with E-state index in [4.69, 9.17) is 4.74 Å². The Morgan fingerprint density at radius 3 is 2.68 bits per heavy atom. The van der Waals surface area contributed by atoms with Crippen molar-refractivity contribution in [2.75, 3.05) is 19.7 Å². The van der Waals surface area contributed by atoms with E-state index in [1.807, 2.05) is 0 Å². The third-order valence-corrected chi connectivity index (χ3v) is 4.86. The third-order valence-electron chi connectivity index (χ3n) is 4.86. The lowest BCUT2D eigenvalue weighted by molar-refractivity contribution is -0.139. The number of halogens is 3. The van der Waals surface area contributed by atoms with Gasteiger partial charge in [0.05, 0.1) is 11.6 Å². The molecule has 1 unspecified atom stereocenters. The number of aromatic nitrogens is 2. The van der Waals surface area contributed by atoms with Gasteiger partial charge in [-0.25, -0.2) is 0 Å². The smallest absolute Gasteiger partial charge is 0.419 e. The van der Waals surface area contributed by atoms with Crippen molar-refractivity contribution >= 4 is 5.91 Å². The van der Waals surface area contributed by atoms with Crippen molar-refractivity contribution in [3.05, 3.63) is 48.3 Å². The van der Waals surface area contributed by atoms with Gasteiger partial charge in [-0.3, -0.25) is 9.48 Å². The molecule has 3 rings (SSSR count). The van der Waals surface area contributed by atoms with Gasteiger partial charge in [-0.15, -0.1) is 0 Å². The number of nitrogens with zero attached hydrogens (tertiary/aromatic N) is 2. The maximum absolute atomic E-state index is 13.1. The van der Waals surface area contributed by atoms with E-state index >= 15 is 0 Å². The normalized spacial score (nSPS) is 17.7. The number of hydrogen-bond donors (Lipinski definition) is 2. The Balaban J connectivity index is 1.66. The molecule has 1 aromatic heterocycles. The van der Waals surface area contributed by atoms with Crippen LogP contribution in [0.1, 0.15) is 25.3 Å². The van der Waals surface area contributed by atoms with Crippen LogP contribution in [-0.2, 0) is 16.5 Å². The van der Waals surface area contributed by atoms with Gasteiger partial charge in [0.25, 0.3) is 0 Å². The average Bonchev–Trinajstić information content (AvgIpc) is 3.21. The predicted molar refractivity (Wildman–Crippen MR) is 96.8 cm³/mol. The second-order valence-electron chi connectivity index (χ2n) is 6.91. The van der Waals surface area contributed by atoms with E-state index in [0.29, 0.717) is 25.9 Å². The summed E-state index contributed by atoms with van der Waals surface area (Å²) in [6, 6.07) is 6.32. The number of nitrogens with one attached hydrogen (secondary N) is 2. The molecule has 9 heteroatoms. The summed E-state index contributed by atoms with van der Waals surface area (Å²) < 4.78 is 46.2. The van der Waals surface area contributed by atoms with Gasteiger partial charge < -0.3 is 15.4 Å². The molecule has 0 bridgehead atoms. The van der Waals surface area contributed by atoms with Crippen LogP contribution in [0.4, 0.5) is 13.2 Å². The first kappa shape index (κ1) is 20.2. The summed E-state index contributed by atoms with van der Waals surface area (Å²) >= 11 is 0. The highest BCUT2D eigenvalue weighted by atomic mass is 19.4. The summed E-state index contributed by atoms with van der Waals surface area (Å²) in [4.78, 5) is 13.0. The zero-order valence-corrected chi connectivity index (χ0v) is 15.5. The van der Waals surface area contributed by atoms with Crippen LogP contribution >= 0.6 is 0 Å². The Bertz CT molecular complexity index is 787. The molecular weight excluding hydrogens is 373 g/mol. The number of carbonyl (C=O) groups excluding carboxylic acids is 1. The van der Waals surface area contributed by atoms with Crippen LogP contribution in [-0.4, -0.2) is 41.4 Å². The molecule has 1 saturated heterocycles. The lowest BCUT2D eigenvalue weighted by Gasteiger charge is -2.37. The summed E-state index contributed by atoms with van der Waals surface area (Å²) in [6.07, 6.45) is 0.0294. The third kappa shape index (κ3) is 4.30. The van der Waals surface area contributed by atoms with Gasteiger partial charge in [-0.05, 0) is 51.1 Å². The first-order chi connectivity index (χ1) is 13.3. The first-order valence-corrected chi connectivity index (χ1v) is 9.14. The van der Waals surface area contributed by atoms with Crippen molar-refractivity contribution in [1.29, 1.82) is 0 Å². The molecule has 1 aliphatic rings.